The second-order valence-corrected chi connectivity index (χ2v) is 3.61. The van der Waals surface area contributed by atoms with Crippen molar-refractivity contribution in [2.75, 3.05) is 12.4 Å². The summed E-state index contributed by atoms with van der Waals surface area (Å²) in [6.45, 7) is 0.404. The van der Waals surface area contributed by atoms with Crippen LogP contribution in [0.5, 0.6) is 5.75 Å². The molecule has 0 radical (unpaired) electrons. The molecule has 5 nitrogen and oxygen atoms in total. The molecule has 18 heavy (non-hydrogen) atoms. The molecule has 0 saturated heterocycles. The predicted octanol–water partition coefficient (Wildman–Crippen LogP) is 2.21. The molecule has 0 bridgehead atoms. The molecule has 0 amide bonds. The van der Waals surface area contributed by atoms with Crippen LogP contribution in [0, 0.1) is 0 Å². The summed E-state index contributed by atoms with van der Waals surface area (Å²) in [6, 6.07) is 11.2. The zero-order valence-corrected chi connectivity index (χ0v) is 10.1. The number of ether oxygens (including phenoxy) is 1. The maximum atomic E-state index is 5.79. The summed E-state index contributed by atoms with van der Waals surface area (Å²) < 4.78 is 10.4. The SMILES string of the molecule is COc1ccccc1NC(N)=NCc1ccco1. The molecule has 94 valence electrons. The van der Waals surface area contributed by atoms with E-state index in [-0.39, 0.29) is 0 Å². The van der Waals surface area contributed by atoms with Gasteiger partial charge in [0.05, 0.1) is 19.1 Å². The Labute approximate surface area is 105 Å². The largest absolute Gasteiger partial charge is 0.495 e. The highest BCUT2D eigenvalue weighted by Crippen LogP contribution is 2.22. The third-order valence-electron chi connectivity index (χ3n) is 2.36. The van der Waals surface area contributed by atoms with E-state index in [2.05, 4.69) is 10.3 Å². The molecule has 0 atom stereocenters. The Morgan fingerprint density at radius 3 is 2.89 bits per heavy atom. The molecule has 2 rings (SSSR count). The Bertz CT molecular complexity index is 521. The number of rotatable bonds is 4. The third kappa shape index (κ3) is 3.04. The molecular formula is C13H15N3O2. The number of guanidine groups is 1. The standard InChI is InChI=1S/C13H15N3O2/c1-17-12-7-3-2-6-11(12)16-13(14)15-9-10-5-4-8-18-10/h2-8H,9H2,1H3,(H3,14,15,16). The molecule has 2 aromatic rings. The predicted molar refractivity (Wildman–Crippen MR) is 70.7 cm³/mol. The lowest BCUT2D eigenvalue weighted by molar-refractivity contribution is 0.417. The number of methoxy groups -OCH3 is 1. The van der Waals surface area contributed by atoms with E-state index < -0.39 is 0 Å². The van der Waals surface area contributed by atoms with Gasteiger partial charge in [0.25, 0.3) is 0 Å². The van der Waals surface area contributed by atoms with Crippen LogP contribution in [-0.2, 0) is 6.54 Å². The van der Waals surface area contributed by atoms with Gasteiger partial charge in [0.15, 0.2) is 5.96 Å². The number of anilines is 1. The van der Waals surface area contributed by atoms with Crippen LogP contribution in [0.15, 0.2) is 52.1 Å². The minimum Gasteiger partial charge on any atom is -0.495 e. The number of furan rings is 1. The molecule has 0 aliphatic heterocycles. The fourth-order valence-electron chi connectivity index (χ4n) is 1.49. The number of benzene rings is 1. The lowest BCUT2D eigenvalue weighted by Crippen LogP contribution is -2.22. The van der Waals surface area contributed by atoms with Gasteiger partial charge in [-0.25, -0.2) is 4.99 Å². The quantitative estimate of drug-likeness (QED) is 0.640. The molecule has 0 aliphatic rings. The summed E-state index contributed by atoms with van der Waals surface area (Å²) in [7, 11) is 1.61. The van der Waals surface area contributed by atoms with Crippen LogP contribution in [0.4, 0.5) is 5.69 Å². The normalized spacial score (nSPS) is 11.3. The van der Waals surface area contributed by atoms with Gasteiger partial charge in [-0.15, -0.1) is 0 Å². The van der Waals surface area contributed by atoms with Crippen molar-refractivity contribution in [3.8, 4) is 5.75 Å². The Balaban J connectivity index is 2.02. The topological polar surface area (TPSA) is 72.8 Å². The fraction of sp³-hybridized carbons (Fsp3) is 0.154. The lowest BCUT2D eigenvalue weighted by Gasteiger charge is -2.09. The molecule has 0 aliphatic carbocycles. The van der Waals surface area contributed by atoms with Crippen molar-refractivity contribution in [2.24, 2.45) is 10.7 Å². The second kappa shape index (κ2) is 5.77. The van der Waals surface area contributed by atoms with Crippen LogP contribution < -0.4 is 15.8 Å². The first-order chi connectivity index (χ1) is 8.79. The van der Waals surface area contributed by atoms with Gasteiger partial charge in [-0.2, -0.15) is 0 Å². The number of nitrogens with two attached hydrogens (primary N) is 1. The molecule has 0 unspecified atom stereocenters. The van der Waals surface area contributed by atoms with Crippen molar-refractivity contribution in [3.05, 3.63) is 48.4 Å². The number of nitrogens with zero attached hydrogens (tertiary/aromatic N) is 1. The highest BCUT2D eigenvalue weighted by molar-refractivity contribution is 5.93. The van der Waals surface area contributed by atoms with E-state index in [1.54, 1.807) is 13.4 Å². The van der Waals surface area contributed by atoms with E-state index in [1.165, 1.54) is 0 Å². The maximum absolute atomic E-state index is 5.79. The van der Waals surface area contributed by atoms with Gasteiger partial charge in [0.2, 0.25) is 0 Å². The van der Waals surface area contributed by atoms with Crippen molar-refractivity contribution in [2.45, 2.75) is 6.54 Å². The fourth-order valence-corrected chi connectivity index (χ4v) is 1.49. The minimum atomic E-state index is 0.316. The zero-order valence-electron chi connectivity index (χ0n) is 10.1. The van der Waals surface area contributed by atoms with E-state index in [1.807, 2.05) is 36.4 Å². The molecular weight excluding hydrogens is 230 g/mol. The van der Waals surface area contributed by atoms with Crippen LogP contribution in [0.25, 0.3) is 0 Å². The van der Waals surface area contributed by atoms with E-state index >= 15 is 0 Å². The highest BCUT2D eigenvalue weighted by Gasteiger charge is 2.02. The average Bonchev–Trinajstić information content (AvgIpc) is 2.90. The minimum absolute atomic E-state index is 0.316. The van der Waals surface area contributed by atoms with Gasteiger partial charge in [-0.1, -0.05) is 12.1 Å². The lowest BCUT2D eigenvalue weighted by atomic mass is 10.3. The number of para-hydroxylation sites is 2. The summed E-state index contributed by atoms with van der Waals surface area (Å²) >= 11 is 0. The molecule has 1 aromatic carbocycles. The molecule has 0 spiro atoms. The van der Waals surface area contributed by atoms with E-state index in [0.717, 1.165) is 11.4 Å². The summed E-state index contributed by atoms with van der Waals surface area (Å²) in [5, 5.41) is 2.98. The third-order valence-corrected chi connectivity index (χ3v) is 2.36. The Morgan fingerprint density at radius 1 is 1.33 bits per heavy atom. The van der Waals surface area contributed by atoms with Crippen LogP contribution >= 0.6 is 0 Å². The smallest absolute Gasteiger partial charge is 0.193 e. The van der Waals surface area contributed by atoms with E-state index in [9.17, 15) is 0 Å². The van der Waals surface area contributed by atoms with Crippen LogP contribution in [0.1, 0.15) is 5.76 Å². The van der Waals surface area contributed by atoms with Crippen molar-refractivity contribution >= 4 is 11.6 Å². The summed E-state index contributed by atoms with van der Waals surface area (Å²) in [5.41, 5.74) is 6.57. The molecule has 1 heterocycles. The van der Waals surface area contributed by atoms with Crippen LogP contribution in [-0.4, -0.2) is 13.1 Å². The first-order valence-electron chi connectivity index (χ1n) is 5.52. The summed E-state index contributed by atoms with van der Waals surface area (Å²) in [6.07, 6.45) is 1.61. The maximum Gasteiger partial charge on any atom is 0.193 e. The number of hydrogen-bond acceptors (Lipinski definition) is 3. The van der Waals surface area contributed by atoms with E-state index in [4.69, 9.17) is 14.9 Å². The van der Waals surface area contributed by atoms with E-state index in [0.29, 0.717) is 18.3 Å². The molecule has 0 saturated carbocycles. The molecule has 0 fully saturated rings. The summed E-state index contributed by atoms with van der Waals surface area (Å²) in [4.78, 5) is 4.17. The van der Waals surface area contributed by atoms with Gasteiger partial charge >= 0.3 is 0 Å². The van der Waals surface area contributed by atoms with Gasteiger partial charge in [0, 0.05) is 0 Å². The van der Waals surface area contributed by atoms with Crippen LogP contribution in [0.2, 0.25) is 0 Å². The number of nitrogens with one attached hydrogen (secondary N) is 1. The first kappa shape index (κ1) is 12.0. The first-order valence-corrected chi connectivity index (χ1v) is 5.52. The summed E-state index contributed by atoms with van der Waals surface area (Å²) in [5.74, 6) is 1.80. The van der Waals surface area contributed by atoms with Crippen molar-refractivity contribution in [3.63, 3.8) is 0 Å². The molecule has 5 heteroatoms. The monoisotopic (exact) mass is 245 g/mol. The van der Waals surface area contributed by atoms with Crippen LogP contribution in [0.3, 0.4) is 0 Å². The van der Waals surface area contributed by atoms with Crippen molar-refractivity contribution < 1.29 is 9.15 Å². The Morgan fingerprint density at radius 2 is 2.17 bits per heavy atom. The molecule has 1 aromatic heterocycles. The average molecular weight is 245 g/mol. The molecule has 3 N–H and O–H groups in total. The Kier molecular flexibility index (Phi) is 3.86. The van der Waals surface area contributed by atoms with Gasteiger partial charge < -0.3 is 20.2 Å². The number of hydrogen-bond donors (Lipinski definition) is 2. The van der Waals surface area contributed by atoms with Gasteiger partial charge in [-0.05, 0) is 24.3 Å². The van der Waals surface area contributed by atoms with Gasteiger partial charge in [-0.3, -0.25) is 0 Å². The second-order valence-electron chi connectivity index (χ2n) is 3.61. The van der Waals surface area contributed by atoms with Crippen molar-refractivity contribution in [1.82, 2.24) is 0 Å². The van der Waals surface area contributed by atoms with Gasteiger partial charge in [0.1, 0.15) is 18.1 Å². The highest BCUT2D eigenvalue weighted by atomic mass is 16.5. The van der Waals surface area contributed by atoms with Crippen molar-refractivity contribution in [1.29, 1.82) is 0 Å². The Hall–Kier alpha value is -2.43. The zero-order chi connectivity index (χ0) is 12.8. The number of aliphatic imine (C=N–C) groups is 1.